The summed E-state index contributed by atoms with van der Waals surface area (Å²) in [7, 11) is 0.950. The maximum atomic E-state index is 13.5. The molecule has 0 spiro atoms. The fourth-order valence-electron chi connectivity index (χ4n) is 2.28. The molecule has 1 aromatic carbocycles. The molecule has 26 heavy (non-hydrogen) atoms. The molecular weight excluding hydrogens is 425 g/mol. The van der Waals surface area contributed by atoms with E-state index in [4.69, 9.17) is 11.0 Å². The number of anilines is 1. The molecule has 0 unspecified atom stereocenters. The highest BCUT2D eigenvalue weighted by molar-refractivity contribution is 9.10. The second kappa shape index (κ2) is 6.68. The number of alkyl halides is 3. The quantitative estimate of drug-likeness (QED) is 0.450. The number of nitrogens with two attached hydrogens (primary N) is 1. The molecular formula is C14H8BrF3N4O4. The molecule has 0 atom stereocenters. The van der Waals surface area contributed by atoms with Gasteiger partial charge in [-0.15, -0.1) is 0 Å². The molecule has 0 bridgehead atoms. The number of nitro groups is 1. The Hall–Kier alpha value is -3.07. The van der Waals surface area contributed by atoms with Crippen molar-refractivity contribution in [1.82, 2.24) is 4.57 Å². The Balaban J connectivity index is 3.04. The van der Waals surface area contributed by atoms with Gasteiger partial charge in [-0.25, -0.2) is 4.79 Å². The topological polar surface area (TPSA) is 124 Å². The molecule has 12 heteroatoms. The van der Waals surface area contributed by atoms with Crippen LogP contribution in [0.3, 0.4) is 0 Å². The first kappa shape index (κ1) is 19.3. The summed E-state index contributed by atoms with van der Waals surface area (Å²) in [6, 6.07) is 3.07. The summed E-state index contributed by atoms with van der Waals surface area (Å²) < 4.78 is 45.3. The van der Waals surface area contributed by atoms with Crippen LogP contribution in [0.4, 0.5) is 24.5 Å². The Kier molecular flexibility index (Phi) is 4.95. The Labute approximate surface area is 151 Å². The molecule has 0 aliphatic rings. The van der Waals surface area contributed by atoms with Crippen LogP contribution in [-0.2, 0) is 10.9 Å². The van der Waals surface area contributed by atoms with Crippen molar-refractivity contribution in [3.05, 3.63) is 49.7 Å². The molecule has 0 fully saturated rings. The number of nitriles is 1. The van der Waals surface area contributed by atoms with Crippen molar-refractivity contribution < 1.29 is 27.6 Å². The molecule has 0 amide bonds. The maximum Gasteiger partial charge on any atom is 0.418 e. The summed E-state index contributed by atoms with van der Waals surface area (Å²) >= 11 is 2.79. The molecule has 1 aromatic heterocycles. The average Bonchev–Trinajstić information content (AvgIpc) is 2.88. The van der Waals surface area contributed by atoms with Gasteiger partial charge < -0.3 is 15.0 Å². The lowest BCUT2D eigenvalue weighted by molar-refractivity contribution is -0.384. The van der Waals surface area contributed by atoms with E-state index < -0.39 is 45.4 Å². The van der Waals surface area contributed by atoms with Gasteiger partial charge >= 0.3 is 12.1 Å². The molecule has 136 valence electrons. The Bertz CT molecular complexity index is 963. The van der Waals surface area contributed by atoms with Crippen molar-refractivity contribution >= 4 is 33.3 Å². The van der Waals surface area contributed by atoms with Gasteiger partial charge in [0.1, 0.15) is 11.8 Å². The van der Waals surface area contributed by atoms with Crippen molar-refractivity contribution in [1.29, 1.82) is 5.26 Å². The number of benzene rings is 1. The van der Waals surface area contributed by atoms with Crippen LogP contribution in [0, 0.1) is 21.4 Å². The number of esters is 1. The van der Waals surface area contributed by atoms with Crippen molar-refractivity contribution in [3.63, 3.8) is 0 Å². The van der Waals surface area contributed by atoms with E-state index in [-0.39, 0.29) is 10.0 Å². The summed E-state index contributed by atoms with van der Waals surface area (Å²) in [5.41, 5.74) is 0.916. The second-order valence-corrected chi connectivity index (χ2v) is 5.77. The highest BCUT2D eigenvalue weighted by atomic mass is 79.9. The van der Waals surface area contributed by atoms with E-state index >= 15 is 0 Å². The lowest BCUT2D eigenvalue weighted by Crippen LogP contribution is -2.17. The molecule has 2 rings (SSSR count). The van der Waals surface area contributed by atoms with E-state index in [0.717, 1.165) is 19.4 Å². The van der Waals surface area contributed by atoms with Gasteiger partial charge in [-0.2, -0.15) is 18.4 Å². The number of aromatic nitrogens is 1. The predicted octanol–water partition coefficient (Wildman–Crippen LogP) is 3.41. The summed E-state index contributed by atoms with van der Waals surface area (Å²) in [6.07, 6.45) is -4.18. The molecule has 8 nitrogen and oxygen atoms in total. The third-order valence-electron chi connectivity index (χ3n) is 3.34. The normalized spacial score (nSPS) is 11.1. The van der Waals surface area contributed by atoms with Gasteiger partial charge in [0.05, 0.1) is 28.8 Å². The van der Waals surface area contributed by atoms with E-state index in [1.807, 2.05) is 0 Å². The molecule has 0 aliphatic heterocycles. The van der Waals surface area contributed by atoms with E-state index in [1.54, 1.807) is 6.07 Å². The van der Waals surface area contributed by atoms with Crippen molar-refractivity contribution in [2.24, 2.45) is 0 Å². The van der Waals surface area contributed by atoms with E-state index in [9.17, 15) is 28.1 Å². The summed E-state index contributed by atoms with van der Waals surface area (Å²) in [5.74, 6) is -1.16. The van der Waals surface area contributed by atoms with Crippen LogP contribution >= 0.6 is 15.9 Å². The molecule has 0 saturated carbocycles. The zero-order valence-electron chi connectivity index (χ0n) is 12.8. The van der Waals surface area contributed by atoms with Crippen LogP contribution in [0.15, 0.2) is 22.8 Å². The second-order valence-electron chi connectivity index (χ2n) is 4.85. The van der Waals surface area contributed by atoms with E-state index in [2.05, 4.69) is 20.7 Å². The predicted molar refractivity (Wildman–Crippen MR) is 85.6 cm³/mol. The minimum atomic E-state index is -5.00. The van der Waals surface area contributed by atoms with Gasteiger partial charge in [-0.05, 0) is 6.07 Å². The zero-order chi connectivity index (χ0) is 19.8. The van der Waals surface area contributed by atoms with Crippen LogP contribution in [0.1, 0.15) is 21.6 Å². The SMILES string of the molecule is COC(=O)c1c(N)c(C#N)cn1-c1c([N+](=O)[O-])cc(Br)cc1C(F)(F)F. The molecule has 0 aliphatic carbocycles. The number of carbonyl (C=O) groups is 1. The fraction of sp³-hybridized carbons (Fsp3) is 0.143. The number of carbonyl (C=O) groups excluding carboxylic acids is 1. The third kappa shape index (κ3) is 3.21. The van der Waals surface area contributed by atoms with E-state index in [1.165, 1.54) is 0 Å². The Morgan fingerprint density at radius 2 is 2.08 bits per heavy atom. The van der Waals surface area contributed by atoms with Gasteiger partial charge in [0.2, 0.25) is 0 Å². The highest BCUT2D eigenvalue weighted by Crippen LogP contribution is 2.42. The molecule has 0 radical (unpaired) electrons. The fourth-order valence-corrected chi connectivity index (χ4v) is 2.73. The molecule has 1 heterocycles. The first-order valence-electron chi connectivity index (χ1n) is 6.57. The largest absolute Gasteiger partial charge is 0.464 e. The number of rotatable bonds is 3. The molecule has 0 saturated heterocycles. The number of nitro benzene ring substituents is 1. The van der Waals surface area contributed by atoms with E-state index in [0.29, 0.717) is 10.6 Å². The smallest absolute Gasteiger partial charge is 0.418 e. The summed E-state index contributed by atoms with van der Waals surface area (Å²) in [5, 5.41) is 20.4. The number of ether oxygens (including phenoxy) is 1. The number of methoxy groups -OCH3 is 1. The highest BCUT2D eigenvalue weighted by Gasteiger charge is 2.40. The average molecular weight is 433 g/mol. The van der Waals surface area contributed by atoms with Gasteiger partial charge in [-0.1, -0.05) is 15.9 Å². The zero-order valence-corrected chi connectivity index (χ0v) is 14.4. The van der Waals surface area contributed by atoms with Gasteiger partial charge in [-0.3, -0.25) is 10.1 Å². The number of hydrogen-bond donors (Lipinski definition) is 1. The van der Waals surface area contributed by atoms with Crippen LogP contribution in [0.5, 0.6) is 0 Å². The molecule has 2 aromatic rings. The van der Waals surface area contributed by atoms with Crippen molar-refractivity contribution in [2.45, 2.75) is 6.18 Å². The summed E-state index contributed by atoms with van der Waals surface area (Å²) in [6.45, 7) is 0. The van der Waals surface area contributed by atoms with Crippen LogP contribution in [0.25, 0.3) is 5.69 Å². The number of nitrogens with zero attached hydrogens (tertiary/aromatic N) is 3. The Morgan fingerprint density at radius 1 is 1.46 bits per heavy atom. The monoisotopic (exact) mass is 432 g/mol. The minimum Gasteiger partial charge on any atom is -0.464 e. The van der Waals surface area contributed by atoms with Gasteiger partial charge in [0.25, 0.3) is 5.69 Å². The number of halogens is 4. The van der Waals surface area contributed by atoms with Crippen LogP contribution in [-0.4, -0.2) is 22.6 Å². The number of nitrogen functional groups attached to an aromatic ring is 1. The van der Waals surface area contributed by atoms with Crippen molar-refractivity contribution in [2.75, 3.05) is 12.8 Å². The van der Waals surface area contributed by atoms with Gasteiger partial charge in [0.15, 0.2) is 5.69 Å². The van der Waals surface area contributed by atoms with Gasteiger partial charge in [0, 0.05) is 16.7 Å². The summed E-state index contributed by atoms with van der Waals surface area (Å²) in [4.78, 5) is 22.3. The van der Waals surface area contributed by atoms with Crippen molar-refractivity contribution in [3.8, 4) is 11.8 Å². The standard InChI is InChI=1S/C14H8BrF3N4O4/c1-26-13(23)12-10(20)6(4-19)5-21(12)11-8(14(16,17)18)2-7(15)3-9(11)22(24)25/h2-3,5H,20H2,1H3. The minimum absolute atomic E-state index is 0.194. The lowest BCUT2D eigenvalue weighted by atomic mass is 10.1. The van der Waals surface area contributed by atoms with Crippen LogP contribution < -0.4 is 5.73 Å². The molecule has 2 N–H and O–H groups in total. The first-order chi connectivity index (χ1) is 12.0. The maximum absolute atomic E-state index is 13.5. The van der Waals surface area contributed by atoms with Crippen LogP contribution in [0.2, 0.25) is 0 Å². The lowest BCUT2D eigenvalue weighted by Gasteiger charge is -2.16. The third-order valence-corrected chi connectivity index (χ3v) is 3.80. The first-order valence-corrected chi connectivity index (χ1v) is 7.37. The Morgan fingerprint density at radius 3 is 2.54 bits per heavy atom. The number of hydrogen-bond acceptors (Lipinski definition) is 6.